The van der Waals surface area contributed by atoms with Gasteiger partial charge in [-0.2, -0.15) is 0 Å². The van der Waals surface area contributed by atoms with Crippen molar-refractivity contribution in [3.63, 3.8) is 0 Å². The van der Waals surface area contributed by atoms with Crippen molar-refractivity contribution in [1.82, 2.24) is 15.6 Å². The lowest BCUT2D eigenvalue weighted by atomic mass is 10.2. The summed E-state index contributed by atoms with van der Waals surface area (Å²) in [5, 5.41) is 7.43. The highest BCUT2D eigenvalue weighted by molar-refractivity contribution is 7.10. The highest BCUT2D eigenvalue weighted by atomic mass is 32.1. The van der Waals surface area contributed by atoms with Crippen LogP contribution in [0.15, 0.2) is 78.1 Å². The van der Waals surface area contributed by atoms with Crippen LogP contribution in [0.25, 0.3) is 6.08 Å². The Kier molecular flexibility index (Phi) is 5.90. The highest BCUT2D eigenvalue weighted by Gasteiger charge is 2.14. The zero-order valence-corrected chi connectivity index (χ0v) is 14.7. The lowest BCUT2D eigenvalue weighted by Gasteiger charge is -2.11. The fourth-order valence-corrected chi connectivity index (χ4v) is 2.90. The number of hydrogen-bond acceptors (Lipinski definition) is 4. The van der Waals surface area contributed by atoms with Crippen LogP contribution in [-0.2, 0) is 11.3 Å². The summed E-state index contributed by atoms with van der Waals surface area (Å²) in [6, 6.07) is 16.2. The van der Waals surface area contributed by atoms with Crippen molar-refractivity contribution in [1.29, 1.82) is 0 Å². The zero-order valence-electron chi connectivity index (χ0n) is 13.9. The predicted molar refractivity (Wildman–Crippen MR) is 102 cm³/mol. The van der Waals surface area contributed by atoms with Crippen molar-refractivity contribution in [3.8, 4) is 0 Å². The third-order valence-electron chi connectivity index (χ3n) is 3.53. The van der Waals surface area contributed by atoms with E-state index in [4.69, 9.17) is 0 Å². The molecule has 0 aliphatic carbocycles. The molecule has 1 aromatic carbocycles. The van der Waals surface area contributed by atoms with E-state index in [-0.39, 0.29) is 17.5 Å². The summed E-state index contributed by atoms with van der Waals surface area (Å²) in [4.78, 5) is 29.9. The molecule has 2 aromatic heterocycles. The first kappa shape index (κ1) is 17.6. The van der Waals surface area contributed by atoms with Gasteiger partial charge < -0.3 is 10.6 Å². The van der Waals surface area contributed by atoms with Crippen molar-refractivity contribution in [2.75, 3.05) is 0 Å². The van der Waals surface area contributed by atoms with Gasteiger partial charge in [0.1, 0.15) is 5.70 Å². The standard InChI is InChI=1S/C20H17N3O2S/c24-19(16-7-2-1-3-8-16)23-18(12-17-9-5-11-26-17)20(25)22-14-15-6-4-10-21-13-15/h1-13H,14H2,(H,22,25)(H,23,24)/b18-12-. The van der Waals surface area contributed by atoms with Crippen LogP contribution in [0.4, 0.5) is 0 Å². The minimum Gasteiger partial charge on any atom is -0.347 e. The number of pyridine rings is 1. The molecule has 0 aliphatic rings. The number of carbonyl (C=O) groups excluding carboxylic acids is 2. The molecule has 0 bridgehead atoms. The average molecular weight is 363 g/mol. The van der Waals surface area contributed by atoms with E-state index < -0.39 is 0 Å². The molecule has 0 saturated carbocycles. The first-order valence-electron chi connectivity index (χ1n) is 8.01. The molecule has 26 heavy (non-hydrogen) atoms. The Morgan fingerprint density at radius 3 is 2.58 bits per heavy atom. The molecule has 0 aliphatic heterocycles. The van der Waals surface area contributed by atoms with Gasteiger partial charge in [0.2, 0.25) is 0 Å². The van der Waals surface area contributed by atoms with Crippen molar-refractivity contribution in [2.24, 2.45) is 0 Å². The number of thiophene rings is 1. The summed E-state index contributed by atoms with van der Waals surface area (Å²) in [6.07, 6.45) is 5.03. The number of amides is 2. The summed E-state index contributed by atoms with van der Waals surface area (Å²) in [5.74, 6) is -0.684. The Bertz CT molecular complexity index is 891. The Balaban J connectivity index is 1.75. The molecule has 3 rings (SSSR count). The molecule has 0 saturated heterocycles. The molecule has 2 N–H and O–H groups in total. The van der Waals surface area contributed by atoms with Gasteiger partial charge in [0.05, 0.1) is 0 Å². The number of carbonyl (C=O) groups is 2. The second-order valence-electron chi connectivity index (χ2n) is 5.44. The molecule has 0 unspecified atom stereocenters. The van der Waals surface area contributed by atoms with E-state index in [0.717, 1.165) is 10.4 Å². The summed E-state index contributed by atoms with van der Waals surface area (Å²) >= 11 is 1.49. The molecule has 0 atom stereocenters. The Hall–Kier alpha value is -3.25. The molecule has 0 spiro atoms. The fourth-order valence-electron chi connectivity index (χ4n) is 2.24. The fraction of sp³-hybridized carbons (Fsp3) is 0.0500. The molecule has 2 amide bonds. The summed E-state index contributed by atoms with van der Waals surface area (Å²) in [7, 11) is 0. The molecule has 6 heteroatoms. The van der Waals surface area contributed by atoms with Gasteiger partial charge in [0.25, 0.3) is 11.8 Å². The lowest BCUT2D eigenvalue weighted by Crippen LogP contribution is -2.34. The maximum atomic E-state index is 12.6. The van der Waals surface area contributed by atoms with Crippen LogP contribution in [0.3, 0.4) is 0 Å². The Labute approximate surface area is 155 Å². The second-order valence-corrected chi connectivity index (χ2v) is 6.42. The van der Waals surface area contributed by atoms with Gasteiger partial charge in [-0.1, -0.05) is 30.3 Å². The third-order valence-corrected chi connectivity index (χ3v) is 4.35. The van der Waals surface area contributed by atoms with Crippen LogP contribution in [0.2, 0.25) is 0 Å². The van der Waals surface area contributed by atoms with Crippen LogP contribution in [0.5, 0.6) is 0 Å². The molecule has 2 heterocycles. The largest absolute Gasteiger partial charge is 0.347 e. The number of rotatable bonds is 6. The zero-order chi connectivity index (χ0) is 18.2. The number of benzene rings is 1. The van der Waals surface area contributed by atoms with Crippen LogP contribution in [0.1, 0.15) is 20.8 Å². The molecular formula is C20H17N3O2S. The van der Waals surface area contributed by atoms with Gasteiger partial charge in [-0.3, -0.25) is 14.6 Å². The number of hydrogen-bond donors (Lipinski definition) is 2. The van der Waals surface area contributed by atoms with Crippen molar-refractivity contribution in [3.05, 3.63) is 94.1 Å². The van der Waals surface area contributed by atoms with Crippen molar-refractivity contribution < 1.29 is 9.59 Å². The number of aromatic nitrogens is 1. The van der Waals surface area contributed by atoms with Gasteiger partial charge in [-0.25, -0.2) is 0 Å². The van der Waals surface area contributed by atoms with E-state index in [0.29, 0.717) is 12.1 Å². The van der Waals surface area contributed by atoms with E-state index in [2.05, 4.69) is 15.6 Å². The van der Waals surface area contributed by atoms with Gasteiger partial charge in [0.15, 0.2) is 0 Å². The van der Waals surface area contributed by atoms with Gasteiger partial charge >= 0.3 is 0 Å². The Morgan fingerprint density at radius 1 is 1.04 bits per heavy atom. The minimum absolute atomic E-state index is 0.199. The van der Waals surface area contributed by atoms with Crippen LogP contribution in [0, 0.1) is 0 Å². The van der Waals surface area contributed by atoms with E-state index in [1.54, 1.807) is 48.8 Å². The predicted octanol–water partition coefficient (Wildman–Crippen LogP) is 3.23. The van der Waals surface area contributed by atoms with Crippen LogP contribution in [-0.4, -0.2) is 16.8 Å². The van der Waals surface area contributed by atoms with E-state index >= 15 is 0 Å². The first-order valence-corrected chi connectivity index (χ1v) is 8.89. The molecule has 3 aromatic rings. The quantitative estimate of drug-likeness (QED) is 0.661. The third kappa shape index (κ3) is 4.87. The maximum absolute atomic E-state index is 12.6. The van der Waals surface area contributed by atoms with Crippen LogP contribution >= 0.6 is 11.3 Å². The number of nitrogens with one attached hydrogen (secondary N) is 2. The minimum atomic E-state index is -0.355. The molecule has 130 valence electrons. The van der Waals surface area contributed by atoms with Gasteiger partial charge in [0, 0.05) is 29.4 Å². The molecule has 0 fully saturated rings. The van der Waals surface area contributed by atoms with Gasteiger partial charge in [-0.05, 0) is 41.3 Å². The van der Waals surface area contributed by atoms with E-state index in [1.807, 2.05) is 29.6 Å². The molecule has 0 radical (unpaired) electrons. The molecule has 5 nitrogen and oxygen atoms in total. The lowest BCUT2D eigenvalue weighted by molar-refractivity contribution is -0.117. The first-order chi connectivity index (χ1) is 12.7. The van der Waals surface area contributed by atoms with Gasteiger partial charge in [-0.15, -0.1) is 11.3 Å². The van der Waals surface area contributed by atoms with Crippen LogP contribution < -0.4 is 10.6 Å². The topological polar surface area (TPSA) is 71.1 Å². The highest BCUT2D eigenvalue weighted by Crippen LogP contribution is 2.13. The number of nitrogens with zero attached hydrogens (tertiary/aromatic N) is 1. The summed E-state index contributed by atoms with van der Waals surface area (Å²) in [5.41, 5.74) is 1.57. The normalized spacial score (nSPS) is 11.0. The SMILES string of the molecule is O=C(NCc1cccnc1)/C(=C/c1cccs1)NC(=O)c1ccccc1. The molecular weight excluding hydrogens is 346 g/mol. The van der Waals surface area contributed by atoms with Crippen molar-refractivity contribution in [2.45, 2.75) is 6.54 Å². The summed E-state index contributed by atoms with van der Waals surface area (Å²) < 4.78 is 0. The van der Waals surface area contributed by atoms with E-state index in [9.17, 15) is 9.59 Å². The van der Waals surface area contributed by atoms with E-state index in [1.165, 1.54) is 11.3 Å². The summed E-state index contributed by atoms with van der Waals surface area (Å²) in [6.45, 7) is 0.329. The van der Waals surface area contributed by atoms with Crippen molar-refractivity contribution >= 4 is 29.2 Å². The average Bonchev–Trinajstić information content (AvgIpc) is 3.20. The second kappa shape index (κ2) is 8.73. The smallest absolute Gasteiger partial charge is 0.268 e. The monoisotopic (exact) mass is 363 g/mol. The Morgan fingerprint density at radius 2 is 1.88 bits per heavy atom. The maximum Gasteiger partial charge on any atom is 0.268 e.